The molecule has 0 aliphatic carbocycles. The summed E-state index contributed by atoms with van der Waals surface area (Å²) in [5, 5.41) is 13.3. The van der Waals surface area contributed by atoms with Crippen molar-refractivity contribution >= 4 is 5.91 Å². The van der Waals surface area contributed by atoms with Crippen LogP contribution >= 0.6 is 0 Å². The van der Waals surface area contributed by atoms with Crippen molar-refractivity contribution in [2.24, 2.45) is 0 Å². The highest BCUT2D eigenvalue weighted by molar-refractivity contribution is 5.85. The number of nitrogens with zero attached hydrogens (tertiary/aromatic N) is 1. The van der Waals surface area contributed by atoms with Crippen LogP contribution in [0.2, 0.25) is 0 Å². The fourth-order valence-electron chi connectivity index (χ4n) is 2.01. The fourth-order valence-corrected chi connectivity index (χ4v) is 2.01. The predicted octanol–water partition coefficient (Wildman–Crippen LogP) is -0.0157. The van der Waals surface area contributed by atoms with Crippen molar-refractivity contribution in [3.8, 4) is 0 Å². The van der Waals surface area contributed by atoms with Gasteiger partial charge in [-0.2, -0.15) is 0 Å². The van der Waals surface area contributed by atoms with Crippen LogP contribution in [0.3, 0.4) is 0 Å². The lowest BCUT2D eigenvalue weighted by molar-refractivity contribution is -0.142. The second-order valence-electron chi connectivity index (χ2n) is 5.37. The number of hydrogen-bond donors (Lipinski definition) is 2. The number of likely N-dealkylation sites (N-methyl/N-ethyl adjacent to an activating group) is 2. The van der Waals surface area contributed by atoms with Crippen LogP contribution in [0, 0.1) is 0 Å². The Morgan fingerprint density at radius 2 is 2.00 bits per heavy atom. The largest absolute Gasteiger partial charge is 0.388 e. The summed E-state index contributed by atoms with van der Waals surface area (Å²) < 4.78 is 5.22. The molecule has 1 amide bonds. The van der Waals surface area contributed by atoms with Gasteiger partial charge in [0, 0.05) is 39.6 Å². The smallest absolute Gasteiger partial charge is 0.242 e. The van der Waals surface area contributed by atoms with Gasteiger partial charge in [0.1, 0.15) is 0 Å². The highest BCUT2D eigenvalue weighted by Crippen LogP contribution is 2.22. The average Bonchev–Trinajstić information content (AvgIpc) is 2.28. The van der Waals surface area contributed by atoms with Crippen molar-refractivity contribution in [3.05, 3.63) is 0 Å². The normalized spacial score (nSPS) is 20.1. The van der Waals surface area contributed by atoms with Gasteiger partial charge < -0.3 is 20.1 Å². The van der Waals surface area contributed by atoms with Crippen LogP contribution in [0.1, 0.15) is 26.7 Å². The standard InChI is InChI=1S/C12H24N2O3/c1-11(2,13-3)10(15)14(4)9-12(16)5-7-17-8-6-12/h13,16H,5-9H2,1-4H3. The summed E-state index contributed by atoms with van der Waals surface area (Å²) in [6.45, 7) is 5.15. The van der Waals surface area contributed by atoms with Gasteiger partial charge in [-0.15, -0.1) is 0 Å². The molecule has 1 aliphatic heterocycles. The Balaban J connectivity index is 2.59. The van der Waals surface area contributed by atoms with E-state index in [9.17, 15) is 9.90 Å². The van der Waals surface area contributed by atoms with E-state index in [0.29, 0.717) is 32.6 Å². The lowest BCUT2D eigenvalue weighted by Crippen LogP contribution is -2.55. The Morgan fingerprint density at radius 3 is 2.47 bits per heavy atom. The number of rotatable bonds is 4. The summed E-state index contributed by atoms with van der Waals surface area (Å²) >= 11 is 0. The number of nitrogens with one attached hydrogen (secondary N) is 1. The van der Waals surface area contributed by atoms with Crippen LogP contribution in [-0.2, 0) is 9.53 Å². The molecule has 2 N–H and O–H groups in total. The van der Waals surface area contributed by atoms with E-state index in [0.717, 1.165) is 0 Å². The first kappa shape index (κ1) is 14.4. The summed E-state index contributed by atoms with van der Waals surface area (Å²) in [5.41, 5.74) is -1.40. The summed E-state index contributed by atoms with van der Waals surface area (Å²) in [6, 6.07) is 0. The molecule has 0 saturated carbocycles. The van der Waals surface area contributed by atoms with Gasteiger partial charge in [0.25, 0.3) is 0 Å². The van der Waals surface area contributed by atoms with Crippen LogP contribution in [0.25, 0.3) is 0 Å². The van der Waals surface area contributed by atoms with Crippen LogP contribution in [-0.4, -0.2) is 60.9 Å². The Kier molecular flexibility index (Phi) is 4.52. The van der Waals surface area contributed by atoms with Crippen LogP contribution in [0.4, 0.5) is 0 Å². The van der Waals surface area contributed by atoms with E-state index < -0.39 is 11.1 Å². The SMILES string of the molecule is CNC(C)(C)C(=O)N(C)CC1(O)CCOCC1. The van der Waals surface area contributed by atoms with Gasteiger partial charge in [-0.1, -0.05) is 0 Å². The summed E-state index contributed by atoms with van der Waals surface area (Å²) in [5.74, 6) is -0.0140. The minimum Gasteiger partial charge on any atom is -0.388 e. The molecule has 100 valence electrons. The molecule has 1 aliphatic rings. The third-order valence-electron chi connectivity index (χ3n) is 3.46. The first-order valence-electron chi connectivity index (χ1n) is 6.05. The maximum absolute atomic E-state index is 12.1. The molecular formula is C12H24N2O3. The maximum Gasteiger partial charge on any atom is 0.242 e. The Hall–Kier alpha value is -0.650. The maximum atomic E-state index is 12.1. The molecule has 17 heavy (non-hydrogen) atoms. The zero-order valence-electron chi connectivity index (χ0n) is 11.2. The minimum atomic E-state index is -0.799. The summed E-state index contributed by atoms with van der Waals surface area (Å²) in [7, 11) is 3.49. The average molecular weight is 244 g/mol. The van der Waals surface area contributed by atoms with Gasteiger partial charge in [-0.05, 0) is 20.9 Å². The summed E-state index contributed by atoms with van der Waals surface area (Å²) in [6.07, 6.45) is 1.18. The quantitative estimate of drug-likeness (QED) is 0.730. The molecule has 0 aromatic heterocycles. The molecule has 1 heterocycles. The van der Waals surface area contributed by atoms with Gasteiger partial charge in [0.2, 0.25) is 5.91 Å². The first-order chi connectivity index (χ1) is 7.81. The molecular weight excluding hydrogens is 220 g/mol. The highest BCUT2D eigenvalue weighted by Gasteiger charge is 2.35. The van der Waals surface area contributed by atoms with E-state index >= 15 is 0 Å². The topological polar surface area (TPSA) is 61.8 Å². The monoisotopic (exact) mass is 244 g/mol. The molecule has 0 bridgehead atoms. The van der Waals surface area contributed by atoms with Gasteiger partial charge in [-0.25, -0.2) is 0 Å². The van der Waals surface area contributed by atoms with Gasteiger partial charge in [0.05, 0.1) is 11.1 Å². The molecule has 5 heteroatoms. The zero-order chi connectivity index (χ0) is 13.1. The highest BCUT2D eigenvalue weighted by atomic mass is 16.5. The third-order valence-corrected chi connectivity index (χ3v) is 3.46. The van der Waals surface area contributed by atoms with Gasteiger partial charge in [0.15, 0.2) is 0 Å². The fraction of sp³-hybridized carbons (Fsp3) is 0.917. The second kappa shape index (κ2) is 5.33. The van der Waals surface area contributed by atoms with E-state index in [1.807, 2.05) is 13.8 Å². The molecule has 5 nitrogen and oxygen atoms in total. The molecule has 0 spiro atoms. The molecule has 0 unspecified atom stereocenters. The van der Waals surface area contributed by atoms with E-state index in [2.05, 4.69) is 5.32 Å². The van der Waals surface area contributed by atoms with Crippen LogP contribution in [0.15, 0.2) is 0 Å². The zero-order valence-corrected chi connectivity index (χ0v) is 11.2. The lowest BCUT2D eigenvalue weighted by atomic mass is 9.93. The van der Waals surface area contributed by atoms with Gasteiger partial charge in [-0.3, -0.25) is 4.79 Å². The van der Waals surface area contributed by atoms with Crippen molar-refractivity contribution in [2.75, 3.05) is 33.9 Å². The number of ether oxygens (including phenoxy) is 1. The predicted molar refractivity (Wildman–Crippen MR) is 65.8 cm³/mol. The number of carbonyl (C=O) groups excluding carboxylic acids is 1. The molecule has 0 radical (unpaired) electrons. The van der Waals surface area contributed by atoms with Crippen molar-refractivity contribution in [1.82, 2.24) is 10.2 Å². The van der Waals surface area contributed by atoms with E-state index in [4.69, 9.17) is 4.74 Å². The van der Waals surface area contributed by atoms with E-state index in [1.165, 1.54) is 0 Å². The number of carbonyl (C=O) groups is 1. The summed E-state index contributed by atoms with van der Waals surface area (Å²) in [4.78, 5) is 13.7. The Morgan fingerprint density at radius 1 is 1.47 bits per heavy atom. The molecule has 0 atom stereocenters. The van der Waals surface area contributed by atoms with Crippen LogP contribution in [0.5, 0.6) is 0 Å². The van der Waals surface area contributed by atoms with Crippen LogP contribution < -0.4 is 5.32 Å². The lowest BCUT2D eigenvalue weighted by Gasteiger charge is -2.37. The number of hydrogen-bond acceptors (Lipinski definition) is 4. The van der Waals surface area contributed by atoms with Crippen molar-refractivity contribution < 1.29 is 14.6 Å². The molecule has 0 aromatic rings. The first-order valence-corrected chi connectivity index (χ1v) is 6.05. The van der Waals surface area contributed by atoms with E-state index in [1.54, 1.807) is 19.0 Å². The number of aliphatic hydroxyl groups is 1. The Labute approximate surface area is 103 Å². The molecule has 1 saturated heterocycles. The third kappa shape index (κ3) is 3.66. The molecule has 0 aromatic carbocycles. The Bertz CT molecular complexity index is 273. The van der Waals surface area contributed by atoms with E-state index in [-0.39, 0.29) is 5.91 Å². The van der Waals surface area contributed by atoms with Crippen molar-refractivity contribution in [2.45, 2.75) is 37.8 Å². The molecule has 1 fully saturated rings. The van der Waals surface area contributed by atoms with Crippen molar-refractivity contribution in [1.29, 1.82) is 0 Å². The van der Waals surface area contributed by atoms with Gasteiger partial charge >= 0.3 is 0 Å². The number of amides is 1. The molecule has 1 rings (SSSR count). The minimum absolute atomic E-state index is 0.0140. The van der Waals surface area contributed by atoms with Crippen molar-refractivity contribution in [3.63, 3.8) is 0 Å². The second-order valence-corrected chi connectivity index (χ2v) is 5.37.